The molecular formula is C18H24N4O5S. The topological polar surface area (TPSA) is 104 Å². The van der Waals surface area contributed by atoms with Gasteiger partial charge in [0.2, 0.25) is 15.0 Å². The quantitative estimate of drug-likeness (QED) is 0.675. The second-order valence-corrected chi connectivity index (χ2v) is 8.66. The number of hydrogen-bond acceptors (Lipinski definition) is 7. The van der Waals surface area contributed by atoms with Crippen LogP contribution in [0, 0.1) is 0 Å². The van der Waals surface area contributed by atoms with Gasteiger partial charge in [0.25, 0.3) is 5.91 Å². The molecule has 2 aromatic rings. The first-order valence-corrected chi connectivity index (χ1v) is 10.7. The van der Waals surface area contributed by atoms with Crippen molar-refractivity contribution < 1.29 is 22.7 Å². The monoisotopic (exact) mass is 408 g/mol. The van der Waals surface area contributed by atoms with E-state index >= 15 is 0 Å². The van der Waals surface area contributed by atoms with Gasteiger partial charge in [-0.05, 0) is 44.0 Å². The molecule has 28 heavy (non-hydrogen) atoms. The van der Waals surface area contributed by atoms with Gasteiger partial charge in [-0.2, -0.15) is 0 Å². The Labute approximate surface area is 164 Å². The lowest BCUT2D eigenvalue weighted by atomic mass is 10.1. The number of hydrogen-bond donors (Lipinski definition) is 0. The Hall–Kier alpha value is -2.62. The van der Waals surface area contributed by atoms with Gasteiger partial charge in [0.1, 0.15) is 17.8 Å². The van der Waals surface area contributed by atoms with Crippen LogP contribution in [0.2, 0.25) is 0 Å². The van der Waals surface area contributed by atoms with Crippen LogP contribution < -0.4 is 9.47 Å². The molecule has 0 spiro atoms. The van der Waals surface area contributed by atoms with Crippen LogP contribution in [-0.2, 0) is 21.7 Å². The highest BCUT2D eigenvalue weighted by molar-refractivity contribution is 7.91. The van der Waals surface area contributed by atoms with Crippen molar-refractivity contribution in [2.75, 3.05) is 26.3 Å². The molecule has 1 saturated heterocycles. The maximum absolute atomic E-state index is 12.7. The Morgan fingerprint density at radius 1 is 1.14 bits per heavy atom. The van der Waals surface area contributed by atoms with Crippen molar-refractivity contribution in [3.63, 3.8) is 0 Å². The van der Waals surface area contributed by atoms with Gasteiger partial charge >= 0.3 is 0 Å². The van der Waals surface area contributed by atoms with Crippen LogP contribution >= 0.6 is 0 Å². The molecule has 9 nitrogen and oxygen atoms in total. The summed E-state index contributed by atoms with van der Waals surface area (Å²) in [5, 5.41) is 6.76. The molecule has 1 aromatic carbocycles. The summed E-state index contributed by atoms with van der Waals surface area (Å²) in [5.41, 5.74) is 0. The van der Waals surface area contributed by atoms with E-state index in [9.17, 15) is 13.2 Å². The Morgan fingerprint density at radius 2 is 1.75 bits per heavy atom. The van der Waals surface area contributed by atoms with E-state index in [0.29, 0.717) is 38.3 Å². The maximum atomic E-state index is 12.7. The average molecular weight is 408 g/mol. The Bertz CT molecular complexity index is 902. The first-order valence-electron chi connectivity index (χ1n) is 9.13. The predicted octanol–water partition coefficient (Wildman–Crippen LogP) is 1.06. The zero-order chi connectivity index (χ0) is 20.1. The first-order chi connectivity index (χ1) is 13.4. The molecule has 0 radical (unpaired) electrons. The number of rotatable bonds is 7. The average Bonchev–Trinajstić information content (AvgIpc) is 3.14. The molecule has 1 aliphatic heterocycles. The summed E-state index contributed by atoms with van der Waals surface area (Å²) in [6, 6.07) is 7.06. The molecule has 1 amide bonds. The number of nitrogens with zero attached hydrogens (tertiary/aromatic N) is 4. The second-order valence-electron chi connectivity index (χ2n) is 6.54. The summed E-state index contributed by atoms with van der Waals surface area (Å²) in [6.07, 6.45) is 2.10. The lowest BCUT2D eigenvalue weighted by Gasteiger charge is -2.31. The SMILES string of the molecule is CCOc1ccc(OCC(=O)N2CCC(S(=O)(=O)c3nncn3C)CC2)cc1. The van der Waals surface area contributed by atoms with Crippen molar-refractivity contribution in [3.05, 3.63) is 30.6 Å². The first kappa shape index (κ1) is 20.1. The van der Waals surface area contributed by atoms with E-state index in [1.165, 1.54) is 10.9 Å². The van der Waals surface area contributed by atoms with Crippen molar-refractivity contribution in [2.45, 2.75) is 30.2 Å². The Balaban J connectivity index is 1.50. The highest BCUT2D eigenvalue weighted by atomic mass is 32.2. The summed E-state index contributed by atoms with van der Waals surface area (Å²) < 4.78 is 37.6. The summed E-state index contributed by atoms with van der Waals surface area (Å²) >= 11 is 0. The van der Waals surface area contributed by atoms with E-state index < -0.39 is 15.1 Å². The summed E-state index contributed by atoms with van der Waals surface area (Å²) in [5.74, 6) is 1.16. The van der Waals surface area contributed by atoms with E-state index in [-0.39, 0.29) is 17.7 Å². The van der Waals surface area contributed by atoms with Crippen LogP contribution in [0.25, 0.3) is 0 Å². The number of benzene rings is 1. The van der Waals surface area contributed by atoms with Gasteiger partial charge in [-0.15, -0.1) is 10.2 Å². The smallest absolute Gasteiger partial charge is 0.260 e. The largest absolute Gasteiger partial charge is 0.494 e. The molecule has 0 unspecified atom stereocenters. The second kappa shape index (κ2) is 8.59. The number of carbonyl (C=O) groups excluding carboxylic acids is 1. The van der Waals surface area contributed by atoms with Gasteiger partial charge in [0.05, 0.1) is 11.9 Å². The van der Waals surface area contributed by atoms with Crippen molar-refractivity contribution in [1.82, 2.24) is 19.7 Å². The summed E-state index contributed by atoms with van der Waals surface area (Å²) in [4.78, 5) is 14.0. The lowest BCUT2D eigenvalue weighted by Crippen LogP contribution is -2.44. The van der Waals surface area contributed by atoms with Crippen LogP contribution in [0.15, 0.2) is 35.7 Å². The minimum atomic E-state index is -3.55. The number of sulfone groups is 1. The number of ether oxygens (including phenoxy) is 2. The van der Waals surface area contributed by atoms with Crippen LogP contribution in [0.3, 0.4) is 0 Å². The normalized spacial score (nSPS) is 15.4. The van der Waals surface area contributed by atoms with Crippen LogP contribution in [-0.4, -0.2) is 65.5 Å². The molecule has 0 saturated carbocycles. The van der Waals surface area contributed by atoms with Crippen molar-refractivity contribution in [1.29, 1.82) is 0 Å². The zero-order valence-electron chi connectivity index (χ0n) is 15.9. The third kappa shape index (κ3) is 4.44. The standard InChI is InChI=1S/C18H24N4O5S/c1-3-26-14-4-6-15(7-5-14)27-12-17(23)22-10-8-16(9-11-22)28(24,25)18-20-19-13-21(18)2/h4-7,13,16H,3,8-12H2,1-2H3. The van der Waals surface area contributed by atoms with Crippen molar-refractivity contribution in [2.24, 2.45) is 7.05 Å². The van der Waals surface area contributed by atoms with Crippen molar-refractivity contribution in [3.8, 4) is 11.5 Å². The fourth-order valence-corrected chi connectivity index (χ4v) is 4.87. The van der Waals surface area contributed by atoms with Crippen molar-refractivity contribution >= 4 is 15.7 Å². The summed E-state index contributed by atoms with van der Waals surface area (Å²) in [7, 11) is -1.95. The minimum Gasteiger partial charge on any atom is -0.494 e. The van der Waals surface area contributed by atoms with E-state index in [1.54, 1.807) is 36.2 Å². The predicted molar refractivity (Wildman–Crippen MR) is 101 cm³/mol. The molecule has 0 atom stereocenters. The molecule has 0 aliphatic carbocycles. The third-order valence-electron chi connectivity index (χ3n) is 4.65. The lowest BCUT2D eigenvalue weighted by molar-refractivity contribution is -0.134. The molecule has 2 heterocycles. The Morgan fingerprint density at radius 3 is 2.29 bits per heavy atom. The van der Waals surface area contributed by atoms with Crippen LogP contribution in [0.5, 0.6) is 11.5 Å². The molecular weight excluding hydrogens is 384 g/mol. The minimum absolute atomic E-state index is 0.0314. The highest BCUT2D eigenvalue weighted by Gasteiger charge is 2.35. The molecule has 152 valence electrons. The van der Waals surface area contributed by atoms with E-state index in [4.69, 9.17) is 9.47 Å². The van der Waals surface area contributed by atoms with Gasteiger partial charge in [-0.25, -0.2) is 8.42 Å². The zero-order valence-corrected chi connectivity index (χ0v) is 16.8. The molecule has 10 heteroatoms. The Kier molecular flexibility index (Phi) is 6.18. The third-order valence-corrected chi connectivity index (χ3v) is 6.88. The molecule has 1 aromatic heterocycles. The van der Waals surface area contributed by atoms with E-state index in [2.05, 4.69) is 10.2 Å². The highest BCUT2D eigenvalue weighted by Crippen LogP contribution is 2.23. The summed E-state index contributed by atoms with van der Waals surface area (Å²) in [6.45, 7) is 3.14. The van der Waals surface area contributed by atoms with Gasteiger partial charge in [-0.3, -0.25) is 4.79 Å². The fourth-order valence-electron chi connectivity index (χ4n) is 3.13. The van der Waals surface area contributed by atoms with E-state index in [1.807, 2.05) is 6.92 Å². The molecule has 0 N–H and O–H groups in total. The molecule has 0 bridgehead atoms. The number of aromatic nitrogens is 3. The number of carbonyl (C=O) groups is 1. The number of likely N-dealkylation sites (tertiary alicyclic amines) is 1. The van der Waals surface area contributed by atoms with Crippen LogP contribution in [0.4, 0.5) is 0 Å². The molecule has 1 fully saturated rings. The maximum Gasteiger partial charge on any atom is 0.260 e. The van der Waals surface area contributed by atoms with E-state index in [0.717, 1.165) is 5.75 Å². The number of aryl methyl sites for hydroxylation is 1. The van der Waals surface area contributed by atoms with Gasteiger partial charge in [0.15, 0.2) is 6.61 Å². The molecule has 3 rings (SSSR count). The van der Waals surface area contributed by atoms with Gasteiger partial charge < -0.3 is 18.9 Å². The number of piperidine rings is 1. The number of amides is 1. The van der Waals surface area contributed by atoms with Gasteiger partial charge in [0, 0.05) is 20.1 Å². The fraction of sp³-hybridized carbons (Fsp3) is 0.500. The van der Waals surface area contributed by atoms with Crippen LogP contribution in [0.1, 0.15) is 19.8 Å². The van der Waals surface area contributed by atoms with Gasteiger partial charge in [-0.1, -0.05) is 0 Å². The molecule has 1 aliphatic rings.